The van der Waals surface area contributed by atoms with Gasteiger partial charge < -0.3 is 25.6 Å². The minimum Gasteiger partial charge on any atom is -0.490 e. The lowest BCUT2D eigenvalue weighted by Crippen LogP contribution is -2.35. The molecular weight excluding hydrogens is 464 g/mol. The Balaban J connectivity index is 1.47. The van der Waals surface area contributed by atoms with Gasteiger partial charge in [-0.25, -0.2) is 4.98 Å². The van der Waals surface area contributed by atoms with Crippen molar-refractivity contribution < 1.29 is 9.53 Å². The number of aromatic nitrogens is 2. The zero-order valence-electron chi connectivity index (χ0n) is 20.3. The van der Waals surface area contributed by atoms with Gasteiger partial charge in [-0.1, -0.05) is 23.7 Å². The van der Waals surface area contributed by atoms with Crippen molar-refractivity contribution in [1.82, 2.24) is 20.2 Å². The third-order valence-corrected chi connectivity index (χ3v) is 6.20. The minimum atomic E-state index is -0.169. The van der Waals surface area contributed by atoms with Crippen molar-refractivity contribution in [1.29, 1.82) is 0 Å². The second kappa shape index (κ2) is 11.4. The number of carbonyl (C=O) groups excluding carboxylic acids is 1. The monoisotopic (exact) mass is 494 g/mol. The lowest BCUT2D eigenvalue weighted by molar-refractivity contribution is 0.0956. The van der Waals surface area contributed by atoms with E-state index in [0.29, 0.717) is 34.6 Å². The molecular formula is C26H31ClN6O2. The molecule has 2 heterocycles. The van der Waals surface area contributed by atoms with E-state index in [1.807, 2.05) is 50.2 Å². The summed E-state index contributed by atoms with van der Waals surface area (Å²) < 4.78 is 6.19. The van der Waals surface area contributed by atoms with Crippen molar-refractivity contribution in [2.45, 2.75) is 32.8 Å². The fourth-order valence-electron chi connectivity index (χ4n) is 3.95. The average molecular weight is 495 g/mol. The van der Waals surface area contributed by atoms with Gasteiger partial charge in [0.2, 0.25) is 5.95 Å². The Morgan fingerprint density at radius 3 is 2.66 bits per heavy atom. The molecule has 1 fully saturated rings. The quantitative estimate of drug-likeness (QED) is 0.399. The number of rotatable bonds is 8. The molecule has 184 valence electrons. The number of nitrogens with zero attached hydrogens (tertiary/aromatic N) is 3. The lowest BCUT2D eigenvalue weighted by Gasteiger charge is -2.29. The first-order valence-corrected chi connectivity index (χ1v) is 12.2. The van der Waals surface area contributed by atoms with Crippen molar-refractivity contribution in [2.24, 2.45) is 0 Å². The van der Waals surface area contributed by atoms with E-state index in [1.54, 1.807) is 6.07 Å². The highest BCUT2D eigenvalue weighted by Crippen LogP contribution is 2.29. The summed E-state index contributed by atoms with van der Waals surface area (Å²) in [7, 11) is 2.14. The molecule has 3 N–H and O–H groups in total. The van der Waals surface area contributed by atoms with E-state index in [1.165, 1.54) is 6.20 Å². The maximum Gasteiger partial charge on any atom is 0.253 e. The predicted molar refractivity (Wildman–Crippen MR) is 140 cm³/mol. The Morgan fingerprint density at radius 2 is 1.91 bits per heavy atom. The number of ether oxygens (including phenoxy) is 1. The van der Waals surface area contributed by atoms with Crippen molar-refractivity contribution in [2.75, 3.05) is 37.3 Å². The number of nitrogens with one attached hydrogen (secondary N) is 3. The number of anilines is 4. The van der Waals surface area contributed by atoms with Crippen LogP contribution in [0.4, 0.5) is 23.1 Å². The Labute approximate surface area is 211 Å². The number of para-hydroxylation sites is 1. The molecule has 2 aromatic carbocycles. The van der Waals surface area contributed by atoms with Crippen LogP contribution in [0.1, 0.15) is 35.7 Å². The van der Waals surface area contributed by atoms with Gasteiger partial charge in [-0.2, -0.15) is 4.98 Å². The lowest BCUT2D eigenvalue weighted by atomic mass is 10.1. The molecule has 8 nitrogen and oxygen atoms in total. The molecule has 4 rings (SSSR count). The van der Waals surface area contributed by atoms with Gasteiger partial charge in [0.05, 0.1) is 17.4 Å². The maximum absolute atomic E-state index is 12.4. The number of amides is 1. The van der Waals surface area contributed by atoms with Gasteiger partial charge in [-0.15, -0.1) is 0 Å². The van der Waals surface area contributed by atoms with Crippen LogP contribution in [-0.4, -0.2) is 53.6 Å². The molecule has 0 saturated carbocycles. The van der Waals surface area contributed by atoms with Crippen LogP contribution in [0.2, 0.25) is 5.02 Å². The number of piperidine rings is 1. The number of benzene rings is 2. The van der Waals surface area contributed by atoms with Crippen LogP contribution in [0.25, 0.3) is 0 Å². The summed E-state index contributed by atoms with van der Waals surface area (Å²) in [5.74, 6) is 1.49. The van der Waals surface area contributed by atoms with E-state index in [0.717, 1.165) is 42.9 Å². The minimum absolute atomic E-state index is 0.169. The summed E-state index contributed by atoms with van der Waals surface area (Å²) in [6.07, 6.45) is 3.85. The number of likely N-dealkylation sites (tertiary alicyclic amines) is 1. The Kier molecular flexibility index (Phi) is 8.05. The summed E-state index contributed by atoms with van der Waals surface area (Å²) in [5, 5.41) is 9.59. The summed E-state index contributed by atoms with van der Waals surface area (Å²) >= 11 is 6.36. The van der Waals surface area contributed by atoms with Crippen LogP contribution in [0.5, 0.6) is 5.75 Å². The summed E-state index contributed by atoms with van der Waals surface area (Å²) in [6, 6.07) is 13.2. The maximum atomic E-state index is 12.4. The summed E-state index contributed by atoms with van der Waals surface area (Å²) in [4.78, 5) is 23.6. The zero-order chi connectivity index (χ0) is 24.8. The molecule has 9 heteroatoms. The number of halogens is 1. The molecule has 0 spiro atoms. The largest absolute Gasteiger partial charge is 0.490 e. The average Bonchev–Trinajstić information content (AvgIpc) is 2.85. The molecule has 0 unspecified atom stereocenters. The van der Waals surface area contributed by atoms with Crippen molar-refractivity contribution in [3.8, 4) is 5.75 Å². The van der Waals surface area contributed by atoms with Gasteiger partial charge in [0, 0.05) is 25.3 Å². The Morgan fingerprint density at radius 1 is 1.14 bits per heavy atom. The van der Waals surface area contributed by atoms with Gasteiger partial charge in [0.15, 0.2) is 5.82 Å². The van der Waals surface area contributed by atoms with Crippen LogP contribution in [0.15, 0.2) is 48.7 Å². The van der Waals surface area contributed by atoms with E-state index in [-0.39, 0.29) is 12.0 Å². The first-order valence-electron chi connectivity index (χ1n) is 11.8. The highest BCUT2D eigenvalue weighted by Gasteiger charge is 2.18. The number of hydrogen-bond donors (Lipinski definition) is 3. The molecule has 1 saturated heterocycles. The fraction of sp³-hybridized carbons (Fsp3) is 0.346. The normalized spacial score (nSPS) is 14.4. The van der Waals surface area contributed by atoms with E-state index in [2.05, 4.69) is 37.9 Å². The number of carbonyl (C=O) groups is 1. The molecule has 1 amide bonds. The number of hydrogen-bond acceptors (Lipinski definition) is 7. The van der Waals surface area contributed by atoms with E-state index < -0.39 is 0 Å². The summed E-state index contributed by atoms with van der Waals surface area (Å²) in [5.41, 5.74) is 3.01. The molecule has 1 aliphatic heterocycles. The van der Waals surface area contributed by atoms with Gasteiger partial charge in [-0.3, -0.25) is 4.79 Å². The molecule has 1 aliphatic rings. The number of aryl methyl sites for hydroxylation is 1. The molecule has 1 aromatic heterocycles. The molecule has 3 aromatic rings. The first-order chi connectivity index (χ1) is 16.9. The fourth-order valence-corrected chi connectivity index (χ4v) is 4.09. The van der Waals surface area contributed by atoms with Crippen molar-refractivity contribution in [3.63, 3.8) is 0 Å². The molecule has 0 radical (unpaired) electrons. The second-order valence-corrected chi connectivity index (χ2v) is 9.05. The summed E-state index contributed by atoms with van der Waals surface area (Å²) in [6.45, 7) is 6.55. The third-order valence-electron chi connectivity index (χ3n) is 5.92. The van der Waals surface area contributed by atoms with Gasteiger partial charge >= 0.3 is 0 Å². The molecule has 0 bridgehead atoms. The van der Waals surface area contributed by atoms with Crippen molar-refractivity contribution in [3.05, 3.63) is 64.8 Å². The zero-order valence-corrected chi connectivity index (χ0v) is 21.0. The first kappa shape index (κ1) is 24.8. The van der Waals surface area contributed by atoms with E-state index in [4.69, 9.17) is 16.3 Å². The second-order valence-electron chi connectivity index (χ2n) is 8.64. The molecule has 0 atom stereocenters. The SMILES string of the molecule is CCNC(=O)c1ccccc1Nc1nc(Nc2ccc(OC3CCN(C)CC3)cc2C)ncc1Cl. The predicted octanol–water partition coefficient (Wildman–Crippen LogP) is 5.15. The van der Waals surface area contributed by atoms with E-state index in [9.17, 15) is 4.79 Å². The van der Waals surface area contributed by atoms with Gasteiger partial charge in [0.25, 0.3) is 5.91 Å². The van der Waals surface area contributed by atoms with Crippen molar-refractivity contribution >= 4 is 40.6 Å². The van der Waals surface area contributed by atoms with E-state index >= 15 is 0 Å². The third kappa shape index (κ3) is 6.41. The van der Waals surface area contributed by atoms with Crippen LogP contribution in [-0.2, 0) is 0 Å². The smallest absolute Gasteiger partial charge is 0.253 e. The van der Waals surface area contributed by atoms with Gasteiger partial charge in [0.1, 0.15) is 16.9 Å². The Bertz CT molecular complexity index is 1180. The van der Waals surface area contributed by atoms with Crippen LogP contribution in [0.3, 0.4) is 0 Å². The molecule has 35 heavy (non-hydrogen) atoms. The van der Waals surface area contributed by atoms with Crippen LogP contribution in [0, 0.1) is 6.92 Å². The van der Waals surface area contributed by atoms with Gasteiger partial charge in [-0.05, 0) is 69.6 Å². The highest BCUT2D eigenvalue weighted by molar-refractivity contribution is 6.33. The Hall–Kier alpha value is -3.36. The van der Waals surface area contributed by atoms with Crippen LogP contribution >= 0.6 is 11.6 Å². The topological polar surface area (TPSA) is 91.4 Å². The standard InChI is InChI=1S/C26H31ClN6O2/c1-4-28-25(34)20-7-5-6-8-23(20)30-24-21(27)16-29-26(32-24)31-22-10-9-19(15-17(22)2)35-18-11-13-33(3)14-12-18/h5-10,15-16,18H,4,11-14H2,1-3H3,(H,28,34)(H2,29,30,31,32). The van der Waals surface area contributed by atoms with Crippen LogP contribution < -0.4 is 20.7 Å². The molecule has 0 aliphatic carbocycles. The highest BCUT2D eigenvalue weighted by atomic mass is 35.5.